The van der Waals surface area contributed by atoms with Crippen molar-refractivity contribution in [2.24, 2.45) is 7.05 Å². The number of rotatable bonds is 2. The number of hydrogen-bond acceptors (Lipinski definition) is 2. The summed E-state index contributed by atoms with van der Waals surface area (Å²) in [6.45, 7) is 3.37. The molecule has 1 N–H and O–H groups in total. The van der Waals surface area contributed by atoms with E-state index in [2.05, 4.69) is 28.7 Å². The third kappa shape index (κ3) is 3.88. The number of amides is 1. The number of anilines is 1. The van der Waals surface area contributed by atoms with Crippen LogP contribution in [0.3, 0.4) is 0 Å². The van der Waals surface area contributed by atoms with Crippen LogP contribution in [0.25, 0.3) is 11.0 Å². The maximum absolute atomic E-state index is 14.0. The van der Waals surface area contributed by atoms with Crippen LogP contribution in [0.4, 0.5) is 23.2 Å². The van der Waals surface area contributed by atoms with Crippen LogP contribution in [-0.2, 0) is 18.0 Å². The minimum absolute atomic E-state index is 0.158. The van der Waals surface area contributed by atoms with E-state index in [1.54, 1.807) is 23.9 Å². The first-order chi connectivity index (χ1) is 13.2. The van der Waals surface area contributed by atoms with Crippen LogP contribution in [0.2, 0.25) is 0 Å². The van der Waals surface area contributed by atoms with Gasteiger partial charge in [-0.05, 0) is 30.3 Å². The second kappa shape index (κ2) is 7.19. The van der Waals surface area contributed by atoms with Gasteiger partial charge in [-0.2, -0.15) is 13.2 Å². The van der Waals surface area contributed by atoms with Crippen LogP contribution in [0.5, 0.6) is 0 Å². The molecule has 1 aromatic carbocycles. The van der Waals surface area contributed by atoms with Gasteiger partial charge in [0.1, 0.15) is 11.5 Å². The number of pyridine rings is 1. The highest BCUT2D eigenvalue weighted by molar-refractivity contribution is 6.00. The van der Waals surface area contributed by atoms with Crippen molar-refractivity contribution in [1.29, 1.82) is 0 Å². The topological polar surface area (TPSA) is 46.9 Å². The van der Waals surface area contributed by atoms with Crippen LogP contribution in [0.1, 0.15) is 16.7 Å². The van der Waals surface area contributed by atoms with Crippen molar-refractivity contribution in [3.8, 4) is 11.8 Å². The fourth-order valence-corrected chi connectivity index (χ4v) is 2.55. The molecule has 28 heavy (non-hydrogen) atoms. The monoisotopic (exact) mass is 387 g/mol. The number of hydrogen-bond donors (Lipinski definition) is 1. The van der Waals surface area contributed by atoms with E-state index in [9.17, 15) is 22.4 Å². The fraction of sp³-hybridized carbons (Fsp3) is 0.100. The Balaban J connectivity index is 2.00. The molecular formula is C20H13F4N3O. The Morgan fingerprint density at radius 2 is 1.96 bits per heavy atom. The van der Waals surface area contributed by atoms with E-state index in [1.807, 2.05) is 0 Å². The first-order valence-electron chi connectivity index (χ1n) is 7.96. The number of carbonyl (C=O) groups excluding carboxylic acids is 1. The van der Waals surface area contributed by atoms with Gasteiger partial charge in [0.05, 0.1) is 28.6 Å². The van der Waals surface area contributed by atoms with Crippen LogP contribution >= 0.6 is 0 Å². The molecule has 3 aromatic rings. The van der Waals surface area contributed by atoms with Crippen molar-refractivity contribution < 1.29 is 22.4 Å². The molecule has 0 fully saturated rings. The Morgan fingerprint density at radius 1 is 1.25 bits per heavy atom. The number of aryl methyl sites for hydroxylation is 1. The summed E-state index contributed by atoms with van der Waals surface area (Å²) >= 11 is 0. The number of halogens is 4. The summed E-state index contributed by atoms with van der Waals surface area (Å²) in [7, 11) is 1.74. The van der Waals surface area contributed by atoms with Gasteiger partial charge in [-0.15, -0.1) is 0 Å². The zero-order chi connectivity index (χ0) is 20.5. The third-order valence-electron chi connectivity index (χ3n) is 3.89. The number of benzene rings is 1. The van der Waals surface area contributed by atoms with Crippen molar-refractivity contribution >= 4 is 22.6 Å². The van der Waals surface area contributed by atoms with E-state index < -0.39 is 23.5 Å². The maximum atomic E-state index is 14.0. The summed E-state index contributed by atoms with van der Waals surface area (Å²) in [5.74, 6) is 3.84. The summed E-state index contributed by atoms with van der Waals surface area (Å²) in [5, 5.41) is 3.18. The van der Waals surface area contributed by atoms with Gasteiger partial charge >= 0.3 is 6.18 Å². The predicted octanol–water partition coefficient (Wildman–Crippen LogP) is 4.26. The molecule has 0 aliphatic heterocycles. The molecule has 0 bridgehead atoms. The summed E-state index contributed by atoms with van der Waals surface area (Å²) in [4.78, 5) is 15.7. The molecule has 0 atom stereocenters. The molecule has 2 heterocycles. The van der Waals surface area contributed by atoms with Gasteiger partial charge in [-0.25, -0.2) is 9.37 Å². The summed E-state index contributed by atoms with van der Waals surface area (Å²) in [6, 6.07) is 3.83. The van der Waals surface area contributed by atoms with E-state index in [-0.39, 0.29) is 5.56 Å². The van der Waals surface area contributed by atoms with E-state index in [0.29, 0.717) is 28.4 Å². The lowest BCUT2D eigenvalue weighted by Gasteiger charge is -2.06. The first kappa shape index (κ1) is 19.2. The van der Waals surface area contributed by atoms with E-state index in [0.717, 1.165) is 18.2 Å². The predicted molar refractivity (Wildman–Crippen MR) is 96.9 cm³/mol. The minimum atomic E-state index is -4.62. The molecule has 0 radical (unpaired) electrons. The molecule has 142 valence electrons. The van der Waals surface area contributed by atoms with Gasteiger partial charge in [-0.1, -0.05) is 18.4 Å². The lowest BCUT2D eigenvalue weighted by molar-refractivity contribution is -0.137. The minimum Gasteiger partial charge on any atom is -0.334 e. The van der Waals surface area contributed by atoms with Gasteiger partial charge in [0.2, 0.25) is 5.91 Å². The van der Waals surface area contributed by atoms with Crippen molar-refractivity contribution in [1.82, 2.24) is 9.55 Å². The molecular weight excluding hydrogens is 374 g/mol. The van der Waals surface area contributed by atoms with Crippen molar-refractivity contribution in [3.05, 3.63) is 71.8 Å². The average Bonchev–Trinajstić information content (AvgIpc) is 2.95. The molecule has 0 aliphatic carbocycles. The number of alkyl halides is 3. The average molecular weight is 387 g/mol. The highest BCUT2D eigenvalue weighted by Crippen LogP contribution is 2.30. The number of carbonyl (C=O) groups is 1. The quantitative estimate of drug-likeness (QED) is 0.406. The lowest BCUT2D eigenvalue weighted by Crippen LogP contribution is -2.07. The Labute approximate surface area is 157 Å². The van der Waals surface area contributed by atoms with Crippen LogP contribution in [-0.4, -0.2) is 15.5 Å². The van der Waals surface area contributed by atoms with Gasteiger partial charge in [-0.3, -0.25) is 4.79 Å². The van der Waals surface area contributed by atoms with Gasteiger partial charge < -0.3 is 9.88 Å². The third-order valence-corrected chi connectivity index (χ3v) is 3.89. The smallest absolute Gasteiger partial charge is 0.334 e. The lowest BCUT2D eigenvalue weighted by atomic mass is 10.1. The molecule has 0 saturated carbocycles. The zero-order valence-electron chi connectivity index (χ0n) is 14.6. The molecule has 8 heteroatoms. The molecule has 0 spiro atoms. The molecule has 0 unspecified atom stereocenters. The maximum Gasteiger partial charge on any atom is 0.416 e. The first-order valence-corrected chi connectivity index (χ1v) is 7.96. The number of aromatic nitrogens is 2. The highest BCUT2D eigenvalue weighted by atomic mass is 19.4. The van der Waals surface area contributed by atoms with Crippen molar-refractivity contribution in [3.63, 3.8) is 0 Å². The van der Waals surface area contributed by atoms with Gasteiger partial charge in [0.25, 0.3) is 0 Å². The van der Waals surface area contributed by atoms with Crippen molar-refractivity contribution in [2.75, 3.05) is 5.32 Å². The SMILES string of the molecule is C=CC(=O)Nc1cnc2c(c1)c(C#Cc1ccc(C(F)(F)F)cc1F)cn2C. The summed E-state index contributed by atoms with van der Waals surface area (Å²) in [6.07, 6.45) is -0.383. The summed E-state index contributed by atoms with van der Waals surface area (Å²) in [5.41, 5.74) is 0.252. The van der Waals surface area contributed by atoms with E-state index >= 15 is 0 Å². The number of nitrogens with one attached hydrogen (secondary N) is 1. The van der Waals surface area contributed by atoms with Crippen LogP contribution in [0.15, 0.2) is 49.3 Å². The second-order valence-corrected chi connectivity index (χ2v) is 5.88. The standard InChI is InChI=1S/C20H13F4N3O/c1-3-18(28)26-15-9-16-13(11-27(2)19(16)25-10-15)5-4-12-6-7-14(8-17(12)21)20(22,23)24/h3,6-11H,1H2,2H3,(H,26,28). The largest absolute Gasteiger partial charge is 0.416 e. The Bertz CT molecular complexity index is 1150. The summed E-state index contributed by atoms with van der Waals surface area (Å²) < 4.78 is 53.6. The Morgan fingerprint density at radius 3 is 2.61 bits per heavy atom. The molecule has 3 rings (SSSR count). The van der Waals surface area contributed by atoms with E-state index in [4.69, 9.17) is 0 Å². The number of fused-ring (bicyclic) bond motifs is 1. The molecule has 2 aromatic heterocycles. The molecule has 0 saturated heterocycles. The van der Waals surface area contributed by atoms with Gasteiger partial charge in [0, 0.05) is 18.6 Å². The molecule has 4 nitrogen and oxygen atoms in total. The van der Waals surface area contributed by atoms with Crippen LogP contribution in [0, 0.1) is 17.7 Å². The van der Waals surface area contributed by atoms with Gasteiger partial charge in [0.15, 0.2) is 0 Å². The zero-order valence-corrected chi connectivity index (χ0v) is 14.6. The van der Waals surface area contributed by atoms with Crippen LogP contribution < -0.4 is 5.32 Å². The molecule has 0 aliphatic rings. The Kier molecular flexibility index (Phi) is 4.92. The fourth-order valence-electron chi connectivity index (χ4n) is 2.55. The number of nitrogens with zero attached hydrogens (tertiary/aromatic N) is 2. The Hall–Kier alpha value is -3.60. The second-order valence-electron chi connectivity index (χ2n) is 5.88. The normalized spacial score (nSPS) is 11.0. The van der Waals surface area contributed by atoms with E-state index in [1.165, 1.54) is 6.20 Å². The molecule has 1 amide bonds. The highest BCUT2D eigenvalue weighted by Gasteiger charge is 2.31. The van der Waals surface area contributed by atoms with Crippen molar-refractivity contribution in [2.45, 2.75) is 6.18 Å².